The highest BCUT2D eigenvalue weighted by Gasteiger charge is 2.33. The van der Waals surface area contributed by atoms with E-state index in [4.69, 9.17) is 16.7 Å². The lowest BCUT2D eigenvalue weighted by molar-refractivity contribution is -0.275. The Morgan fingerprint density at radius 2 is 2.07 bits per heavy atom. The minimum absolute atomic E-state index is 0.116. The molecule has 14 heavy (non-hydrogen) atoms. The summed E-state index contributed by atoms with van der Waals surface area (Å²) in [5.41, 5.74) is -0.116. The fourth-order valence-corrected chi connectivity index (χ4v) is 1.02. The minimum Gasteiger partial charge on any atom is -0.404 e. The first-order chi connectivity index (χ1) is 6.44. The van der Waals surface area contributed by atoms with Crippen LogP contribution in [0.3, 0.4) is 0 Å². The van der Waals surface area contributed by atoms with Crippen molar-refractivity contribution >= 4 is 11.6 Å². The van der Waals surface area contributed by atoms with Crippen molar-refractivity contribution in [3.05, 3.63) is 23.0 Å². The zero-order valence-corrected chi connectivity index (χ0v) is 7.43. The van der Waals surface area contributed by atoms with E-state index < -0.39 is 18.7 Å². The van der Waals surface area contributed by atoms with Crippen molar-refractivity contribution in [3.63, 3.8) is 0 Å². The van der Waals surface area contributed by atoms with Gasteiger partial charge in [0.15, 0.2) is 5.75 Å². The molecular formula is C7H5ClF3NO2. The summed E-state index contributed by atoms with van der Waals surface area (Å²) >= 11 is 5.42. The summed E-state index contributed by atoms with van der Waals surface area (Å²) in [4.78, 5) is 3.51. The molecular weight excluding hydrogens is 223 g/mol. The Hall–Kier alpha value is -1.01. The highest BCUT2D eigenvalue weighted by Crippen LogP contribution is 2.32. The van der Waals surface area contributed by atoms with Crippen LogP contribution in [0.4, 0.5) is 13.2 Å². The van der Waals surface area contributed by atoms with Gasteiger partial charge in [0.1, 0.15) is 5.02 Å². The number of hydrogen-bond acceptors (Lipinski definition) is 3. The number of aliphatic hydroxyl groups excluding tert-OH is 1. The molecule has 78 valence electrons. The van der Waals surface area contributed by atoms with Crippen molar-refractivity contribution in [2.24, 2.45) is 0 Å². The summed E-state index contributed by atoms with van der Waals surface area (Å²) in [5, 5.41) is 8.40. The molecule has 0 radical (unpaired) electrons. The third kappa shape index (κ3) is 2.74. The summed E-state index contributed by atoms with van der Waals surface area (Å²) in [7, 11) is 0. The Bertz CT molecular complexity index is 329. The fraction of sp³-hybridized carbons (Fsp3) is 0.286. The van der Waals surface area contributed by atoms with Gasteiger partial charge in [-0.1, -0.05) is 11.6 Å². The first-order valence-electron chi connectivity index (χ1n) is 3.43. The summed E-state index contributed by atoms with van der Waals surface area (Å²) in [5.74, 6) is -0.614. The summed E-state index contributed by atoms with van der Waals surface area (Å²) in [6.07, 6.45) is -2.79. The monoisotopic (exact) mass is 227 g/mol. The molecule has 7 heteroatoms. The third-order valence-electron chi connectivity index (χ3n) is 1.31. The van der Waals surface area contributed by atoms with E-state index in [1.165, 1.54) is 0 Å². The standard InChI is InChI=1S/C7H5ClF3NO2/c8-5-2-12-1-4(3-13)6(5)14-7(9,10)11/h1-2,13H,3H2. The summed E-state index contributed by atoms with van der Waals surface area (Å²) in [6.45, 7) is -0.626. The van der Waals surface area contributed by atoms with Crippen LogP contribution in [0.15, 0.2) is 12.4 Å². The van der Waals surface area contributed by atoms with Crippen molar-refractivity contribution in [1.82, 2.24) is 4.98 Å². The van der Waals surface area contributed by atoms with Gasteiger partial charge in [-0.3, -0.25) is 4.98 Å². The van der Waals surface area contributed by atoms with Crippen LogP contribution in [-0.4, -0.2) is 16.5 Å². The average Bonchev–Trinajstić information content (AvgIpc) is 2.06. The second-order valence-corrected chi connectivity index (χ2v) is 2.72. The smallest absolute Gasteiger partial charge is 0.404 e. The first kappa shape index (κ1) is 11.1. The molecule has 0 aromatic carbocycles. The van der Waals surface area contributed by atoms with Gasteiger partial charge < -0.3 is 9.84 Å². The molecule has 0 aliphatic heterocycles. The molecule has 0 aliphatic rings. The van der Waals surface area contributed by atoms with Crippen LogP contribution < -0.4 is 4.74 Å². The van der Waals surface area contributed by atoms with E-state index in [0.717, 1.165) is 12.4 Å². The molecule has 0 aliphatic carbocycles. The predicted molar refractivity (Wildman–Crippen MR) is 41.9 cm³/mol. The molecule has 0 saturated carbocycles. The Balaban J connectivity index is 3.05. The number of aromatic nitrogens is 1. The van der Waals surface area contributed by atoms with E-state index in [2.05, 4.69) is 9.72 Å². The van der Waals surface area contributed by atoms with Crippen LogP contribution in [-0.2, 0) is 6.61 Å². The molecule has 0 fully saturated rings. The molecule has 1 N–H and O–H groups in total. The first-order valence-corrected chi connectivity index (χ1v) is 3.81. The largest absolute Gasteiger partial charge is 0.573 e. The van der Waals surface area contributed by atoms with Gasteiger partial charge in [-0.2, -0.15) is 0 Å². The molecule has 0 atom stereocenters. The second kappa shape index (κ2) is 4.02. The van der Waals surface area contributed by atoms with Crippen molar-refractivity contribution in [2.45, 2.75) is 13.0 Å². The van der Waals surface area contributed by atoms with Crippen LogP contribution in [0.1, 0.15) is 5.56 Å². The van der Waals surface area contributed by atoms with Crippen LogP contribution in [0.25, 0.3) is 0 Å². The van der Waals surface area contributed by atoms with Crippen LogP contribution >= 0.6 is 11.6 Å². The molecule has 3 nitrogen and oxygen atoms in total. The lowest BCUT2D eigenvalue weighted by atomic mass is 10.3. The Kier molecular flexibility index (Phi) is 3.17. The summed E-state index contributed by atoms with van der Waals surface area (Å²) < 4.78 is 39.2. The van der Waals surface area contributed by atoms with E-state index in [1.807, 2.05) is 0 Å². The van der Waals surface area contributed by atoms with Gasteiger partial charge in [-0.05, 0) is 0 Å². The molecule has 0 spiro atoms. The van der Waals surface area contributed by atoms with Gasteiger partial charge in [0, 0.05) is 18.0 Å². The average molecular weight is 228 g/mol. The lowest BCUT2D eigenvalue weighted by Gasteiger charge is -2.12. The van der Waals surface area contributed by atoms with Gasteiger partial charge >= 0.3 is 6.36 Å². The normalized spacial score (nSPS) is 11.5. The maximum atomic E-state index is 11.9. The molecule has 0 amide bonds. The van der Waals surface area contributed by atoms with Gasteiger partial charge in [0.05, 0.1) is 6.61 Å². The van der Waals surface area contributed by atoms with E-state index in [1.54, 1.807) is 0 Å². The molecule has 1 rings (SSSR count). The van der Waals surface area contributed by atoms with Gasteiger partial charge in [-0.25, -0.2) is 0 Å². The van der Waals surface area contributed by atoms with E-state index in [9.17, 15) is 13.2 Å². The molecule has 1 aromatic rings. The number of aliphatic hydroxyl groups is 1. The SMILES string of the molecule is OCc1cncc(Cl)c1OC(F)(F)F. The molecule has 1 aromatic heterocycles. The molecule has 0 unspecified atom stereocenters. The predicted octanol–water partition coefficient (Wildman–Crippen LogP) is 2.13. The number of rotatable bonds is 2. The maximum Gasteiger partial charge on any atom is 0.573 e. The van der Waals surface area contributed by atoms with Gasteiger partial charge in [-0.15, -0.1) is 13.2 Å². The zero-order chi connectivity index (χ0) is 10.8. The van der Waals surface area contributed by atoms with Crippen molar-refractivity contribution in [2.75, 3.05) is 0 Å². The Morgan fingerprint density at radius 1 is 1.43 bits per heavy atom. The van der Waals surface area contributed by atoms with Crippen molar-refractivity contribution in [1.29, 1.82) is 0 Å². The molecule has 1 heterocycles. The van der Waals surface area contributed by atoms with E-state index in [-0.39, 0.29) is 10.6 Å². The second-order valence-electron chi connectivity index (χ2n) is 2.32. The Morgan fingerprint density at radius 3 is 2.57 bits per heavy atom. The Labute approximate surface area is 82.1 Å². The lowest BCUT2D eigenvalue weighted by Crippen LogP contribution is -2.18. The van der Waals surface area contributed by atoms with Crippen molar-refractivity contribution < 1.29 is 23.0 Å². The topological polar surface area (TPSA) is 42.4 Å². The van der Waals surface area contributed by atoms with Crippen LogP contribution in [0, 0.1) is 0 Å². The maximum absolute atomic E-state index is 11.9. The number of nitrogens with zero attached hydrogens (tertiary/aromatic N) is 1. The third-order valence-corrected chi connectivity index (χ3v) is 1.58. The van der Waals surface area contributed by atoms with Crippen molar-refractivity contribution in [3.8, 4) is 5.75 Å². The minimum atomic E-state index is -4.84. The number of hydrogen-bond donors (Lipinski definition) is 1. The van der Waals surface area contributed by atoms with E-state index in [0.29, 0.717) is 0 Å². The van der Waals surface area contributed by atoms with Crippen LogP contribution in [0.5, 0.6) is 5.75 Å². The quantitative estimate of drug-likeness (QED) is 0.842. The molecule has 0 saturated heterocycles. The van der Waals surface area contributed by atoms with E-state index >= 15 is 0 Å². The molecule has 0 bridgehead atoms. The number of halogens is 4. The fourth-order valence-electron chi connectivity index (χ4n) is 0.806. The summed E-state index contributed by atoms with van der Waals surface area (Å²) in [6, 6.07) is 0. The number of ether oxygens (including phenoxy) is 1. The highest BCUT2D eigenvalue weighted by molar-refractivity contribution is 6.32. The van der Waals surface area contributed by atoms with Gasteiger partial charge in [0.25, 0.3) is 0 Å². The number of pyridine rings is 1. The number of alkyl halides is 3. The zero-order valence-electron chi connectivity index (χ0n) is 6.68. The van der Waals surface area contributed by atoms with Gasteiger partial charge in [0.2, 0.25) is 0 Å². The highest BCUT2D eigenvalue weighted by atomic mass is 35.5. The van der Waals surface area contributed by atoms with Crippen LogP contribution in [0.2, 0.25) is 5.02 Å².